The molecule has 1 N–H and O–H groups in total. The van der Waals surface area contributed by atoms with Gasteiger partial charge in [0, 0.05) is 0 Å². The molecule has 0 radical (unpaired) electrons. The van der Waals surface area contributed by atoms with Crippen LogP contribution in [0.4, 0.5) is 0 Å². The molecule has 2 aliphatic carbocycles. The van der Waals surface area contributed by atoms with Gasteiger partial charge in [-0.15, -0.1) is 0 Å². The van der Waals surface area contributed by atoms with E-state index in [1.54, 1.807) is 0 Å². The zero-order chi connectivity index (χ0) is 10.3. The lowest BCUT2D eigenvalue weighted by Gasteiger charge is -2.26. The highest BCUT2D eigenvalue weighted by Gasteiger charge is 2.48. The number of carbonyl (C=O) groups is 1. The van der Waals surface area contributed by atoms with Crippen molar-refractivity contribution in [2.24, 2.45) is 23.7 Å². The molecule has 1 fully saturated rings. The Kier molecular flexibility index (Phi) is 2.22. The lowest BCUT2D eigenvalue weighted by atomic mass is 9.78. The Morgan fingerprint density at radius 2 is 2.00 bits per heavy atom. The van der Waals surface area contributed by atoms with E-state index in [1.165, 1.54) is 0 Å². The minimum atomic E-state index is -0.651. The predicted molar refractivity (Wildman–Crippen MR) is 54.8 cm³/mol. The molecule has 2 nitrogen and oxygen atoms in total. The number of fused-ring (bicyclic) bond motifs is 2. The Morgan fingerprint density at radius 3 is 2.50 bits per heavy atom. The molecule has 0 saturated heterocycles. The Morgan fingerprint density at radius 1 is 1.43 bits per heavy atom. The van der Waals surface area contributed by atoms with Crippen LogP contribution in [0.5, 0.6) is 0 Å². The third kappa shape index (κ3) is 1.21. The zero-order valence-corrected chi connectivity index (χ0v) is 8.44. The first-order valence-corrected chi connectivity index (χ1v) is 5.24. The molecule has 0 aromatic heterocycles. The minimum absolute atomic E-state index is 0.187. The third-order valence-electron chi connectivity index (χ3n) is 3.67. The highest BCUT2D eigenvalue weighted by molar-refractivity contribution is 5.73. The number of rotatable bonds is 3. The Balaban J connectivity index is 2.26. The van der Waals surface area contributed by atoms with E-state index in [2.05, 4.69) is 25.7 Å². The number of allylic oxidation sites excluding steroid dienone is 3. The maximum absolute atomic E-state index is 11.1. The van der Waals surface area contributed by atoms with E-state index < -0.39 is 5.97 Å². The van der Waals surface area contributed by atoms with Gasteiger partial charge in [0.05, 0.1) is 5.92 Å². The lowest BCUT2D eigenvalue weighted by molar-refractivity contribution is -0.143. The number of carboxylic acid groups (broad SMARTS) is 1. The van der Waals surface area contributed by atoms with Crippen LogP contribution < -0.4 is 0 Å². The molecule has 0 aromatic carbocycles. The van der Waals surface area contributed by atoms with E-state index in [0.717, 1.165) is 18.4 Å². The Labute approximate surface area is 84.3 Å². The van der Waals surface area contributed by atoms with Crippen LogP contribution in [0.3, 0.4) is 0 Å². The van der Waals surface area contributed by atoms with Crippen molar-refractivity contribution in [2.75, 3.05) is 0 Å². The summed E-state index contributed by atoms with van der Waals surface area (Å²) >= 11 is 0. The summed E-state index contributed by atoms with van der Waals surface area (Å²) in [6.07, 6.45) is 6.16. The quantitative estimate of drug-likeness (QED) is 0.697. The van der Waals surface area contributed by atoms with Crippen molar-refractivity contribution in [3.8, 4) is 0 Å². The van der Waals surface area contributed by atoms with Crippen LogP contribution in [0.1, 0.15) is 19.8 Å². The molecule has 0 aromatic rings. The molecular formula is C12H16O2. The second-order valence-corrected chi connectivity index (χ2v) is 4.35. The summed E-state index contributed by atoms with van der Waals surface area (Å²) in [5.41, 5.74) is 1.11. The minimum Gasteiger partial charge on any atom is -0.481 e. The summed E-state index contributed by atoms with van der Waals surface area (Å²) in [7, 11) is 0. The summed E-state index contributed by atoms with van der Waals surface area (Å²) in [5.74, 6) is 0.0192. The first-order chi connectivity index (χ1) is 6.65. The van der Waals surface area contributed by atoms with Crippen LogP contribution >= 0.6 is 0 Å². The molecule has 0 amide bonds. The van der Waals surface area contributed by atoms with Crippen molar-refractivity contribution in [1.82, 2.24) is 0 Å². The highest BCUT2D eigenvalue weighted by atomic mass is 16.4. The smallest absolute Gasteiger partial charge is 0.307 e. The van der Waals surface area contributed by atoms with Crippen LogP contribution in [-0.2, 0) is 4.79 Å². The SMILES string of the molecule is C=C(CC)C1C2C=CC(C2)C1C(=O)O. The summed E-state index contributed by atoms with van der Waals surface area (Å²) in [5, 5.41) is 9.18. The van der Waals surface area contributed by atoms with Gasteiger partial charge in [-0.2, -0.15) is 0 Å². The van der Waals surface area contributed by atoms with E-state index in [4.69, 9.17) is 0 Å². The van der Waals surface area contributed by atoms with Crippen molar-refractivity contribution in [2.45, 2.75) is 19.8 Å². The molecule has 14 heavy (non-hydrogen) atoms. The molecule has 0 aliphatic heterocycles. The van der Waals surface area contributed by atoms with Gasteiger partial charge >= 0.3 is 5.97 Å². The second-order valence-electron chi connectivity index (χ2n) is 4.35. The number of hydrogen-bond donors (Lipinski definition) is 1. The van der Waals surface area contributed by atoms with Gasteiger partial charge in [0.25, 0.3) is 0 Å². The van der Waals surface area contributed by atoms with E-state index in [1.807, 2.05) is 0 Å². The summed E-state index contributed by atoms with van der Waals surface area (Å²) in [6.45, 7) is 6.06. The van der Waals surface area contributed by atoms with Gasteiger partial charge in [-0.25, -0.2) is 0 Å². The summed E-state index contributed by atoms with van der Waals surface area (Å²) < 4.78 is 0. The summed E-state index contributed by atoms with van der Waals surface area (Å²) in [6, 6.07) is 0. The zero-order valence-electron chi connectivity index (χ0n) is 8.44. The van der Waals surface area contributed by atoms with Crippen LogP contribution in [0.25, 0.3) is 0 Å². The molecule has 76 valence electrons. The van der Waals surface area contributed by atoms with Gasteiger partial charge in [-0.3, -0.25) is 4.79 Å². The van der Waals surface area contributed by atoms with E-state index in [9.17, 15) is 9.90 Å². The van der Waals surface area contributed by atoms with Gasteiger partial charge in [-0.05, 0) is 30.6 Å². The van der Waals surface area contributed by atoms with Crippen molar-refractivity contribution in [3.63, 3.8) is 0 Å². The maximum Gasteiger partial charge on any atom is 0.307 e. The molecule has 1 saturated carbocycles. The molecule has 0 spiro atoms. The van der Waals surface area contributed by atoms with Crippen LogP contribution in [-0.4, -0.2) is 11.1 Å². The predicted octanol–water partition coefficient (Wildman–Crippen LogP) is 2.48. The molecule has 4 unspecified atom stereocenters. The fourth-order valence-corrected chi connectivity index (χ4v) is 2.95. The first-order valence-electron chi connectivity index (χ1n) is 5.24. The largest absolute Gasteiger partial charge is 0.481 e. The first kappa shape index (κ1) is 9.50. The van der Waals surface area contributed by atoms with Gasteiger partial charge in [0.15, 0.2) is 0 Å². The highest BCUT2D eigenvalue weighted by Crippen LogP contribution is 2.51. The average molecular weight is 192 g/mol. The lowest BCUT2D eigenvalue weighted by Crippen LogP contribution is -2.28. The molecule has 0 heterocycles. The Bertz CT molecular complexity index is 303. The van der Waals surface area contributed by atoms with Gasteiger partial charge in [0.1, 0.15) is 0 Å². The van der Waals surface area contributed by atoms with E-state index >= 15 is 0 Å². The fourth-order valence-electron chi connectivity index (χ4n) is 2.95. The molecular weight excluding hydrogens is 176 g/mol. The van der Waals surface area contributed by atoms with Gasteiger partial charge in [0.2, 0.25) is 0 Å². The number of aliphatic carboxylic acids is 1. The summed E-state index contributed by atoms with van der Waals surface area (Å²) in [4.78, 5) is 11.1. The maximum atomic E-state index is 11.1. The van der Waals surface area contributed by atoms with Crippen LogP contribution in [0.15, 0.2) is 24.3 Å². The normalized spacial score (nSPS) is 38.9. The molecule has 2 rings (SSSR count). The second kappa shape index (κ2) is 3.26. The number of carboxylic acids is 1. The van der Waals surface area contributed by atoms with Crippen LogP contribution in [0, 0.1) is 23.7 Å². The van der Waals surface area contributed by atoms with E-state index in [0.29, 0.717) is 5.92 Å². The van der Waals surface area contributed by atoms with Crippen molar-refractivity contribution in [3.05, 3.63) is 24.3 Å². The molecule has 2 aliphatic rings. The average Bonchev–Trinajstić information content (AvgIpc) is 2.74. The van der Waals surface area contributed by atoms with Crippen molar-refractivity contribution < 1.29 is 9.90 Å². The topological polar surface area (TPSA) is 37.3 Å². The van der Waals surface area contributed by atoms with Crippen LogP contribution in [0.2, 0.25) is 0 Å². The third-order valence-corrected chi connectivity index (χ3v) is 3.67. The monoisotopic (exact) mass is 192 g/mol. The fraction of sp³-hybridized carbons (Fsp3) is 0.583. The van der Waals surface area contributed by atoms with Crippen molar-refractivity contribution in [1.29, 1.82) is 0 Å². The molecule has 2 heteroatoms. The molecule has 4 atom stereocenters. The van der Waals surface area contributed by atoms with Gasteiger partial charge < -0.3 is 5.11 Å². The Hall–Kier alpha value is -1.05. The van der Waals surface area contributed by atoms with Crippen molar-refractivity contribution >= 4 is 5.97 Å². The van der Waals surface area contributed by atoms with Gasteiger partial charge in [-0.1, -0.05) is 31.2 Å². The molecule has 2 bridgehead atoms. The van der Waals surface area contributed by atoms with E-state index in [-0.39, 0.29) is 17.8 Å². The number of hydrogen-bond acceptors (Lipinski definition) is 1. The standard InChI is InChI=1S/C12H16O2/c1-3-7(2)10-8-4-5-9(6-8)11(10)12(13)14/h4-5,8-11H,2-3,6H2,1H3,(H,13,14).